The molecular weight excluding hydrogens is 394 g/mol. The van der Waals surface area contributed by atoms with Crippen LogP contribution in [0.3, 0.4) is 0 Å². The van der Waals surface area contributed by atoms with Crippen LogP contribution in [-0.2, 0) is 16.4 Å². The van der Waals surface area contributed by atoms with Gasteiger partial charge in [0.25, 0.3) is 0 Å². The van der Waals surface area contributed by atoms with Crippen molar-refractivity contribution < 1.29 is 13.2 Å². The number of halogens is 1. The van der Waals surface area contributed by atoms with Crippen molar-refractivity contribution in [3.63, 3.8) is 0 Å². The van der Waals surface area contributed by atoms with Gasteiger partial charge in [0.2, 0.25) is 0 Å². The molecule has 1 aromatic rings. The van der Waals surface area contributed by atoms with E-state index in [2.05, 4.69) is 21.2 Å². The summed E-state index contributed by atoms with van der Waals surface area (Å²) in [5.41, 5.74) is 0.998. The summed E-state index contributed by atoms with van der Waals surface area (Å²) in [6, 6.07) is 7.29. The molecule has 134 valence electrons. The topological polar surface area (TPSA) is 69.7 Å². The number of sulfone groups is 1. The monoisotopic (exact) mass is 417 g/mol. The number of nitrogens with zero attached hydrogens (tertiary/aromatic N) is 2. The highest BCUT2D eigenvalue weighted by Crippen LogP contribution is 2.18. The summed E-state index contributed by atoms with van der Waals surface area (Å²) in [6.07, 6.45) is 0.515. The Morgan fingerprint density at radius 2 is 1.92 bits per heavy atom. The summed E-state index contributed by atoms with van der Waals surface area (Å²) in [6.45, 7) is 1.63. The van der Waals surface area contributed by atoms with Crippen molar-refractivity contribution in [3.8, 4) is 0 Å². The number of amides is 2. The molecule has 1 aromatic carbocycles. The predicted molar refractivity (Wildman–Crippen MR) is 98.7 cm³/mol. The predicted octanol–water partition coefficient (Wildman–Crippen LogP) is 1.71. The SMILES string of the molecule is CN(C)CCN(C(=O)NCc1ccc(Br)cc1)C1CCS(=O)(=O)C1. The van der Waals surface area contributed by atoms with E-state index >= 15 is 0 Å². The lowest BCUT2D eigenvalue weighted by Crippen LogP contribution is -2.49. The van der Waals surface area contributed by atoms with Gasteiger partial charge in [-0.3, -0.25) is 0 Å². The van der Waals surface area contributed by atoms with Crippen molar-refractivity contribution in [2.24, 2.45) is 0 Å². The summed E-state index contributed by atoms with van der Waals surface area (Å²) < 4.78 is 24.5. The minimum absolute atomic E-state index is 0.0616. The molecule has 2 amide bonds. The summed E-state index contributed by atoms with van der Waals surface area (Å²) >= 11 is 3.38. The van der Waals surface area contributed by atoms with Crippen molar-refractivity contribution in [3.05, 3.63) is 34.3 Å². The number of urea groups is 1. The normalized spacial score (nSPS) is 19.4. The Hall–Kier alpha value is -1.12. The first-order valence-corrected chi connectivity index (χ1v) is 10.5. The zero-order valence-electron chi connectivity index (χ0n) is 14.0. The van der Waals surface area contributed by atoms with Gasteiger partial charge in [-0.1, -0.05) is 28.1 Å². The highest BCUT2D eigenvalue weighted by Gasteiger charge is 2.34. The van der Waals surface area contributed by atoms with E-state index in [0.29, 0.717) is 26.1 Å². The van der Waals surface area contributed by atoms with Crippen molar-refractivity contribution >= 4 is 31.8 Å². The molecule has 1 aliphatic rings. The largest absolute Gasteiger partial charge is 0.334 e. The highest BCUT2D eigenvalue weighted by atomic mass is 79.9. The number of hydrogen-bond donors (Lipinski definition) is 1. The number of carbonyl (C=O) groups excluding carboxylic acids is 1. The van der Waals surface area contributed by atoms with Crippen molar-refractivity contribution in [2.75, 3.05) is 38.7 Å². The second-order valence-electron chi connectivity index (χ2n) is 6.34. The second kappa shape index (κ2) is 8.31. The first kappa shape index (κ1) is 19.2. The number of carbonyl (C=O) groups is 1. The molecular formula is C16H24BrN3O3S. The smallest absolute Gasteiger partial charge is 0.317 e. The molecule has 6 nitrogen and oxygen atoms in total. The highest BCUT2D eigenvalue weighted by molar-refractivity contribution is 9.10. The maximum atomic E-state index is 12.6. The molecule has 0 radical (unpaired) electrons. The van der Waals surface area contributed by atoms with Crippen LogP contribution in [0.1, 0.15) is 12.0 Å². The van der Waals surface area contributed by atoms with Gasteiger partial charge in [0.1, 0.15) is 0 Å². The molecule has 1 fully saturated rings. The average molecular weight is 418 g/mol. The molecule has 1 saturated heterocycles. The lowest BCUT2D eigenvalue weighted by Gasteiger charge is -2.29. The molecule has 0 bridgehead atoms. The third-order valence-corrected chi connectivity index (χ3v) is 6.33. The van der Waals surface area contributed by atoms with E-state index in [1.807, 2.05) is 43.3 Å². The van der Waals surface area contributed by atoms with Crippen molar-refractivity contribution in [1.82, 2.24) is 15.1 Å². The standard InChI is InChI=1S/C16H24BrN3O3S/c1-19(2)8-9-20(15-7-10-24(22,23)12-15)16(21)18-11-13-3-5-14(17)6-4-13/h3-6,15H,7-12H2,1-2H3,(H,18,21). The third-order valence-electron chi connectivity index (χ3n) is 4.06. The summed E-state index contributed by atoms with van der Waals surface area (Å²) in [5, 5.41) is 2.90. The van der Waals surface area contributed by atoms with Crippen LogP contribution in [0, 0.1) is 0 Å². The van der Waals surface area contributed by atoms with Gasteiger partial charge >= 0.3 is 6.03 Å². The minimum atomic E-state index is -3.02. The molecule has 0 aliphatic carbocycles. The molecule has 8 heteroatoms. The van der Waals surface area contributed by atoms with Gasteiger partial charge in [-0.25, -0.2) is 13.2 Å². The number of hydrogen-bond acceptors (Lipinski definition) is 4. The fourth-order valence-corrected chi connectivity index (χ4v) is 4.66. The van der Waals surface area contributed by atoms with Crippen molar-refractivity contribution in [2.45, 2.75) is 19.0 Å². The Labute approximate surface area is 152 Å². The number of rotatable bonds is 6. The van der Waals surface area contributed by atoms with E-state index in [4.69, 9.17) is 0 Å². The Bertz CT molecular complexity index is 662. The Morgan fingerprint density at radius 1 is 1.25 bits per heavy atom. The fraction of sp³-hybridized carbons (Fsp3) is 0.562. The Kier molecular flexibility index (Phi) is 6.65. The molecule has 0 spiro atoms. The average Bonchev–Trinajstić information content (AvgIpc) is 2.86. The summed E-state index contributed by atoms with van der Waals surface area (Å²) in [7, 11) is 0.843. The lowest BCUT2D eigenvalue weighted by atomic mass is 10.2. The zero-order valence-corrected chi connectivity index (χ0v) is 16.4. The van der Waals surface area contributed by atoms with Crippen LogP contribution in [0.5, 0.6) is 0 Å². The molecule has 0 aromatic heterocycles. The quantitative estimate of drug-likeness (QED) is 0.764. The van der Waals surface area contributed by atoms with Gasteiger partial charge in [0, 0.05) is 30.1 Å². The molecule has 1 N–H and O–H groups in total. The van der Waals surface area contributed by atoms with Gasteiger partial charge in [-0.2, -0.15) is 0 Å². The van der Waals surface area contributed by atoms with Gasteiger partial charge in [-0.05, 0) is 38.2 Å². The van der Waals surface area contributed by atoms with Crippen LogP contribution < -0.4 is 5.32 Å². The molecule has 1 atom stereocenters. The third kappa shape index (κ3) is 5.75. The van der Waals surface area contributed by atoms with Gasteiger partial charge in [0.05, 0.1) is 11.5 Å². The van der Waals surface area contributed by atoms with E-state index in [-0.39, 0.29) is 23.6 Å². The molecule has 0 saturated carbocycles. The van der Waals surface area contributed by atoms with Crippen LogP contribution >= 0.6 is 15.9 Å². The van der Waals surface area contributed by atoms with E-state index in [9.17, 15) is 13.2 Å². The van der Waals surface area contributed by atoms with Crippen molar-refractivity contribution in [1.29, 1.82) is 0 Å². The van der Waals surface area contributed by atoms with Crippen LogP contribution in [0.25, 0.3) is 0 Å². The number of nitrogens with one attached hydrogen (secondary N) is 1. The van der Waals surface area contributed by atoms with E-state index in [1.165, 1.54) is 0 Å². The molecule has 1 unspecified atom stereocenters. The zero-order chi connectivity index (χ0) is 17.7. The Morgan fingerprint density at radius 3 is 2.46 bits per heavy atom. The lowest BCUT2D eigenvalue weighted by molar-refractivity contribution is 0.172. The van der Waals surface area contributed by atoms with Gasteiger partial charge in [0.15, 0.2) is 9.84 Å². The maximum Gasteiger partial charge on any atom is 0.317 e. The molecule has 1 aliphatic heterocycles. The van der Waals surface area contributed by atoms with Crippen LogP contribution in [-0.4, -0.2) is 69.0 Å². The first-order valence-electron chi connectivity index (χ1n) is 7.91. The minimum Gasteiger partial charge on any atom is -0.334 e. The summed E-state index contributed by atoms with van der Waals surface area (Å²) in [5.74, 6) is 0.224. The first-order chi connectivity index (χ1) is 11.3. The summed E-state index contributed by atoms with van der Waals surface area (Å²) in [4.78, 5) is 16.2. The second-order valence-corrected chi connectivity index (χ2v) is 9.48. The molecule has 1 heterocycles. The van der Waals surface area contributed by atoms with E-state index in [1.54, 1.807) is 4.90 Å². The maximum absolute atomic E-state index is 12.6. The molecule has 2 rings (SSSR count). The van der Waals surface area contributed by atoms with E-state index in [0.717, 1.165) is 10.0 Å². The van der Waals surface area contributed by atoms with Crippen LogP contribution in [0.4, 0.5) is 4.79 Å². The molecule has 24 heavy (non-hydrogen) atoms. The van der Waals surface area contributed by atoms with Crippen LogP contribution in [0.2, 0.25) is 0 Å². The fourth-order valence-electron chi connectivity index (χ4n) is 2.66. The van der Waals surface area contributed by atoms with E-state index < -0.39 is 9.84 Å². The Balaban J connectivity index is 1.99. The number of benzene rings is 1. The van der Waals surface area contributed by atoms with Crippen LogP contribution in [0.15, 0.2) is 28.7 Å². The van der Waals surface area contributed by atoms with Gasteiger partial charge < -0.3 is 15.1 Å². The van der Waals surface area contributed by atoms with Gasteiger partial charge in [-0.15, -0.1) is 0 Å². The number of likely N-dealkylation sites (N-methyl/N-ethyl adjacent to an activating group) is 1.